The van der Waals surface area contributed by atoms with Gasteiger partial charge in [0, 0.05) is 65.1 Å². The van der Waals surface area contributed by atoms with E-state index in [1.54, 1.807) is 11.3 Å². The van der Waals surface area contributed by atoms with E-state index >= 15 is 0 Å². The number of anilines is 1. The van der Waals surface area contributed by atoms with Crippen LogP contribution < -0.4 is 4.90 Å². The highest BCUT2D eigenvalue weighted by Gasteiger charge is 2.47. The van der Waals surface area contributed by atoms with Gasteiger partial charge in [-0.1, -0.05) is 39.3 Å². The Kier molecular flexibility index (Phi) is 8.72. The molecule has 40 heavy (non-hydrogen) atoms. The molecule has 1 N–H and O–H groups in total. The molecule has 2 aromatic heterocycles. The molecule has 2 aliphatic heterocycles. The summed E-state index contributed by atoms with van der Waals surface area (Å²) in [6.07, 6.45) is 8.36. The lowest BCUT2D eigenvalue weighted by atomic mass is 9.97. The molecular formula is C29H48N4O4SSi2. The van der Waals surface area contributed by atoms with Crippen LogP contribution >= 0.6 is 11.3 Å². The third-order valence-corrected chi connectivity index (χ3v) is 12.9. The molecule has 1 aliphatic carbocycles. The molecule has 1 atom stereocenters. The van der Waals surface area contributed by atoms with Crippen molar-refractivity contribution in [2.75, 3.05) is 37.9 Å². The molecule has 0 aromatic carbocycles. The van der Waals surface area contributed by atoms with Crippen LogP contribution in [0.4, 0.5) is 5.69 Å². The van der Waals surface area contributed by atoms with Gasteiger partial charge in [0.05, 0.1) is 17.5 Å². The SMILES string of the molecule is C[Si](C)(C)CCOCN1C[C@@H](CC2(O)CC2)N2CCCc3c(-c4cnn(COCC[Si](C)(C)C)c4)sc(c32)C1=O. The molecule has 2 aromatic rings. The number of hydrogen-bond acceptors (Lipinski definition) is 7. The van der Waals surface area contributed by atoms with Gasteiger partial charge >= 0.3 is 0 Å². The molecule has 0 radical (unpaired) electrons. The molecule has 1 amide bonds. The molecule has 0 unspecified atom stereocenters. The number of amides is 1. The topological polar surface area (TPSA) is 80.1 Å². The Labute approximate surface area is 245 Å². The fraction of sp³-hybridized carbons (Fsp3) is 0.724. The van der Waals surface area contributed by atoms with Gasteiger partial charge in [-0.25, -0.2) is 4.68 Å². The van der Waals surface area contributed by atoms with Gasteiger partial charge in [0.15, 0.2) is 0 Å². The summed E-state index contributed by atoms with van der Waals surface area (Å²) in [6, 6.07) is 2.30. The van der Waals surface area contributed by atoms with Gasteiger partial charge in [0.25, 0.3) is 5.91 Å². The van der Waals surface area contributed by atoms with E-state index in [0.29, 0.717) is 33.0 Å². The lowest BCUT2D eigenvalue weighted by Gasteiger charge is -2.38. The first-order chi connectivity index (χ1) is 18.8. The van der Waals surface area contributed by atoms with E-state index in [1.165, 1.54) is 5.56 Å². The largest absolute Gasteiger partial charge is 0.390 e. The van der Waals surface area contributed by atoms with Gasteiger partial charge in [-0.3, -0.25) is 4.79 Å². The van der Waals surface area contributed by atoms with Crippen LogP contribution in [-0.2, 0) is 22.6 Å². The number of aromatic nitrogens is 2. The predicted molar refractivity (Wildman–Crippen MR) is 168 cm³/mol. The zero-order valence-corrected chi connectivity index (χ0v) is 28.1. The summed E-state index contributed by atoms with van der Waals surface area (Å²) in [7, 11) is -2.35. The molecule has 0 saturated heterocycles. The van der Waals surface area contributed by atoms with E-state index in [0.717, 1.165) is 71.9 Å². The maximum absolute atomic E-state index is 14.0. The Morgan fingerprint density at radius 2 is 1.73 bits per heavy atom. The number of thiophene rings is 1. The molecule has 0 bridgehead atoms. The quantitative estimate of drug-likeness (QED) is 0.232. The Morgan fingerprint density at radius 1 is 1.05 bits per heavy atom. The first-order valence-corrected chi connectivity index (χ1v) is 23.2. The molecule has 3 aliphatic rings. The smallest absolute Gasteiger partial charge is 0.267 e. The fourth-order valence-electron chi connectivity index (χ4n) is 5.57. The Hall–Kier alpha value is -1.51. The Balaban J connectivity index is 1.39. The summed E-state index contributed by atoms with van der Waals surface area (Å²) < 4.78 is 13.9. The average Bonchev–Trinajstić information content (AvgIpc) is 3.27. The van der Waals surface area contributed by atoms with Crippen molar-refractivity contribution < 1.29 is 19.4 Å². The molecule has 222 valence electrons. The normalized spacial score (nSPS) is 20.6. The highest BCUT2D eigenvalue weighted by Crippen LogP contribution is 2.49. The van der Waals surface area contributed by atoms with E-state index in [4.69, 9.17) is 9.47 Å². The molecule has 8 nitrogen and oxygen atoms in total. The molecule has 11 heteroatoms. The predicted octanol–water partition coefficient (Wildman–Crippen LogP) is 5.73. The number of ether oxygens (including phenoxy) is 2. The number of hydrogen-bond donors (Lipinski definition) is 1. The van der Waals surface area contributed by atoms with Crippen molar-refractivity contribution in [3.8, 4) is 10.4 Å². The third kappa shape index (κ3) is 7.28. The van der Waals surface area contributed by atoms with Crippen LogP contribution in [0.3, 0.4) is 0 Å². The summed E-state index contributed by atoms with van der Waals surface area (Å²) in [4.78, 5) is 20.3. The van der Waals surface area contributed by atoms with Crippen LogP contribution in [0.25, 0.3) is 10.4 Å². The number of carbonyl (C=O) groups excluding carboxylic acids is 1. The number of nitrogens with zero attached hydrogens (tertiary/aromatic N) is 4. The van der Waals surface area contributed by atoms with Crippen LogP contribution in [0.1, 0.15) is 40.9 Å². The van der Waals surface area contributed by atoms with E-state index in [1.807, 2.05) is 15.8 Å². The summed E-state index contributed by atoms with van der Waals surface area (Å²) in [5.41, 5.74) is 2.81. The Bertz CT molecular complexity index is 1200. The molecule has 4 heterocycles. The molecule has 5 rings (SSSR count). The highest BCUT2D eigenvalue weighted by atomic mass is 32.1. The second-order valence-corrected chi connectivity index (χ2v) is 26.7. The number of aliphatic hydroxyl groups is 1. The van der Waals surface area contributed by atoms with Crippen molar-refractivity contribution in [3.05, 3.63) is 22.8 Å². The zero-order chi connectivity index (χ0) is 28.7. The maximum atomic E-state index is 14.0. The van der Waals surface area contributed by atoms with Crippen LogP contribution in [0.15, 0.2) is 12.4 Å². The van der Waals surface area contributed by atoms with Gasteiger partial charge in [-0.15, -0.1) is 11.3 Å². The standard InChI is InChI=1S/C29H48N4O4SSi2/c1-39(2,3)14-12-36-20-31-19-23(16-29(35)9-10-29)33-11-7-8-24-25(33)27(28(31)34)38-26(24)22-17-30-32(18-22)21-37-13-15-40(4,5)6/h17-18,23,35H,7-16,19-21H2,1-6H3/t23-/m1/s1. The molecule has 1 fully saturated rings. The number of rotatable bonds is 13. The minimum absolute atomic E-state index is 0.0553. The van der Waals surface area contributed by atoms with Crippen LogP contribution in [0.5, 0.6) is 0 Å². The van der Waals surface area contributed by atoms with E-state index in [-0.39, 0.29) is 11.9 Å². The van der Waals surface area contributed by atoms with Gasteiger partial charge in [0.2, 0.25) is 0 Å². The highest BCUT2D eigenvalue weighted by molar-refractivity contribution is 7.18. The summed E-state index contributed by atoms with van der Waals surface area (Å²) >= 11 is 1.60. The van der Waals surface area contributed by atoms with E-state index < -0.39 is 21.7 Å². The van der Waals surface area contributed by atoms with Gasteiger partial charge in [-0.2, -0.15) is 5.10 Å². The van der Waals surface area contributed by atoms with Crippen molar-refractivity contribution >= 4 is 39.1 Å². The van der Waals surface area contributed by atoms with Crippen molar-refractivity contribution in [1.82, 2.24) is 14.7 Å². The number of carbonyl (C=O) groups is 1. The second kappa shape index (κ2) is 11.6. The Morgan fingerprint density at radius 3 is 2.38 bits per heavy atom. The van der Waals surface area contributed by atoms with E-state index in [9.17, 15) is 9.90 Å². The van der Waals surface area contributed by atoms with Crippen molar-refractivity contribution in [2.45, 2.75) is 102 Å². The van der Waals surface area contributed by atoms with Crippen molar-refractivity contribution in [1.29, 1.82) is 0 Å². The third-order valence-electron chi connectivity index (χ3n) is 8.25. The van der Waals surface area contributed by atoms with Crippen LogP contribution in [0, 0.1) is 0 Å². The average molecular weight is 605 g/mol. The minimum atomic E-state index is -1.22. The summed E-state index contributed by atoms with van der Waals surface area (Å²) in [5, 5.41) is 15.5. The van der Waals surface area contributed by atoms with Gasteiger partial charge in [0.1, 0.15) is 18.3 Å². The lowest BCUT2D eigenvalue weighted by Crippen LogP contribution is -2.47. The van der Waals surface area contributed by atoms with Gasteiger partial charge in [-0.05, 0) is 49.8 Å². The first-order valence-electron chi connectivity index (χ1n) is 14.9. The van der Waals surface area contributed by atoms with Gasteiger partial charge < -0.3 is 24.4 Å². The van der Waals surface area contributed by atoms with Crippen LogP contribution in [-0.4, -0.2) is 86.5 Å². The van der Waals surface area contributed by atoms with E-state index in [2.05, 4.69) is 55.5 Å². The lowest BCUT2D eigenvalue weighted by molar-refractivity contribution is 0.0240. The molecular weight excluding hydrogens is 557 g/mol. The molecule has 0 spiro atoms. The first kappa shape index (κ1) is 30.0. The fourth-order valence-corrected chi connectivity index (χ4v) is 8.38. The van der Waals surface area contributed by atoms with Crippen molar-refractivity contribution in [3.63, 3.8) is 0 Å². The minimum Gasteiger partial charge on any atom is -0.390 e. The van der Waals surface area contributed by atoms with Crippen molar-refractivity contribution in [2.24, 2.45) is 0 Å². The molecule has 1 saturated carbocycles. The monoisotopic (exact) mass is 604 g/mol. The summed E-state index contributed by atoms with van der Waals surface area (Å²) in [5.74, 6) is 0.0553. The summed E-state index contributed by atoms with van der Waals surface area (Å²) in [6.45, 7) is 17.8. The maximum Gasteiger partial charge on any atom is 0.267 e. The zero-order valence-electron chi connectivity index (χ0n) is 25.3. The van der Waals surface area contributed by atoms with Crippen LogP contribution in [0.2, 0.25) is 51.4 Å². The second-order valence-electron chi connectivity index (χ2n) is 14.5.